The zero-order chi connectivity index (χ0) is 10.1. The highest BCUT2D eigenvalue weighted by Gasteiger charge is 2.25. The highest BCUT2D eigenvalue weighted by Crippen LogP contribution is 2.30. The minimum atomic E-state index is -0.336. The van der Waals surface area contributed by atoms with E-state index in [0.29, 0.717) is 12.0 Å². The van der Waals surface area contributed by atoms with Crippen LogP contribution in [0.2, 0.25) is 0 Å². The second kappa shape index (κ2) is 3.53. The Balaban J connectivity index is 2.45. The van der Waals surface area contributed by atoms with Gasteiger partial charge in [0, 0.05) is 11.8 Å². The van der Waals surface area contributed by atoms with Crippen LogP contribution in [0.15, 0.2) is 5.38 Å². The number of esters is 1. The maximum atomic E-state index is 11.5. The average Bonchev–Trinajstić information content (AvgIpc) is 2.62. The molecule has 0 bridgehead atoms. The predicted molar refractivity (Wildman–Crippen MR) is 52.9 cm³/mol. The number of thiophene rings is 1. The maximum Gasteiger partial charge on any atom is 0.339 e. The van der Waals surface area contributed by atoms with Crippen LogP contribution in [0.25, 0.3) is 0 Å². The summed E-state index contributed by atoms with van der Waals surface area (Å²) in [6.45, 7) is 0. The number of rotatable bonds is 1. The molecule has 1 heterocycles. The van der Waals surface area contributed by atoms with Crippen LogP contribution in [0.5, 0.6) is 0 Å². The van der Waals surface area contributed by atoms with Gasteiger partial charge in [-0.1, -0.05) is 0 Å². The molecule has 1 aliphatic rings. The number of fused-ring (bicyclic) bond motifs is 1. The molecule has 14 heavy (non-hydrogen) atoms. The average molecular weight is 210 g/mol. The zero-order valence-corrected chi connectivity index (χ0v) is 8.65. The van der Waals surface area contributed by atoms with Crippen LogP contribution in [-0.2, 0) is 11.2 Å². The normalized spacial score (nSPS) is 15.1. The lowest BCUT2D eigenvalue weighted by atomic mass is 9.95. The number of ketones is 1. The zero-order valence-electron chi connectivity index (χ0n) is 7.83. The van der Waals surface area contributed by atoms with Gasteiger partial charge in [-0.15, -0.1) is 11.3 Å². The summed E-state index contributed by atoms with van der Waals surface area (Å²) in [7, 11) is 1.36. The van der Waals surface area contributed by atoms with Crippen LogP contribution in [0.3, 0.4) is 0 Å². The van der Waals surface area contributed by atoms with Crippen LogP contribution in [0.1, 0.15) is 38.4 Å². The van der Waals surface area contributed by atoms with Crippen molar-refractivity contribution in [2.75, 3.05) is 7.11 Å². The molecule has 74 valence electrons. The van der Waals surface area contributed by atoms with Gasteiger partial charge in [0.05, 0.1) is 17.6 Å². The topological polar surface area (TPSA) is 43.4 Å². The minimum absolute atomic E-state index is 0.159. The molecule has 0 amide bonds. The molecule has 0 fully saturated rings. The van der Waals surface area contributed by atoms with Crippen molar-refractivity contribution >= 4 is 23.1 Å². The van der Waals surface area contributed by atoms with Crippen LogP contribution >= 0.6 is 11.3 Å². The smallest absolute Gasteiger partial charge is 0.339 e. The van der Waals surface area contributed by atoms with E-state index in [1.54, 1.807) is 5.38 Å². The molecule has 0 N–H and O–H groups in total. The molecule has 0 saturated carbocycles. The molecule has 0 unspecified atom stereocenters. The molecule has 0 atom stereocenters. The number of carbonyl (C=O) groups excluding carboxylic acids is 2. The molecule has 3 nitrogen and oxygen atoms in total. The molecule has 1 aliphatic carbocycles. The fraction of sp³-hybridized carbons (Fsp3) is 0.400. The molecule has 1 aromatic heterocycles. The summed E-state index contributed by atoms with van der Waals surface area (Å²) in [4.78, 5) is 23.5. The van der Waals surface area contributed by atoms with Crippen LogP contribution in [-0.4, -0.2) is 18.9 Å². The summed E-state index contributed by atoms with van der Waals surface area (Å²) in [5, 5.41) is 1.72. The first-order chi connectivity index (χ1) is 6.74. The van der Waals surface area contributed by atoms with Crippen molar-refractivity contribution in [3.8, 4) is 0 Å². The molecule has 0 aliphatic heterocycles. The second-order valence-corrected chi connectivity index (χ2v) is 4.11. The van der Waals surface area contributed by atoms with Crippen molar-refractivity contribution in [1.82, 2.24) is 0 Å². The molecular formula is C10H10O3S. The van der Waals surface area contributed by atoms with Gasteiger partial charge in [-0.3, -0.25) is 4.79 Å². The van der Waals surface area contributed by atoms with E-state index in [0.717, 1.165) is 23.3 Å². The highest BCUT2D eigenvalue weighted by atomic mass is 32.1. The van der Waals surface area contributed by atoms with Crippen molar-refractivity contribution in [2.45, 2.75) is 19.3 Å². The molecule has 0 saturated heterocycles. The fourth-order valence-electron chi connectivity index (χ4n) is 1.69. The Morgan fingerprint density at radius 3 is 3.00 bits per heavy atom. The summed E-state index contributed by atoms with van der Waals surface area (Å²) in [6.07, 6.45) is 2.26. The van der Waals surface area contributed by atoms with Gasteiger partial charge in [0.25, 0.3) is 0 Å². The van der Waals surface area contributed by atoms with Gasteiger partial charge in [0.1, 0.15) is 0 Å². The van der Waals surface area contributed by atoms with E-state index in [1.807, 2.05) is 0 Å². The number of methoxy groups -OCH3 is 1. The third-order valence-electron chi connectivity index (χ3n) is 2.38. The van der Waals surface area contributed by atoms with E-state index in [1.165, 1.54) is 18.4 Å². The number of ether oxygens (including phenoxy) is 1. The summed E-state index contributed by atoms with van der Waals surface area (Å²) in [5.41, 5.74) is 1.46. The number of hydrogen-bond acceptors (Lipinski definition) is 4. The highest BCUT2D eigenvalue weighted by molar-refractivity contribution is 7.12. The van der Waals surface area contributed by atoms with Gasteiger partial charge in [-0.2, -0.15) is 0 Å². The predicted octanol–water partition coefficient (Wildman–Crippen LogP) is 2.05. The molecule has 0 radical (unpaired) electrons. The fourth-order valence-corrected chi connectivity index (χ4v) is 2.75. The summed E-state index contributed by atoms with van der Waals surface area (Å²) in [5.74, 6) is -0.177. The van der Waals surface area contributed by atoms with Crippen molar-refractivity contribution in [3.63, 3.8) is 0 Å². The van der Waals surface area contributed by atoms with E-state index >= 15 is 0 Å². The maximum absolute atomic E-state index is 11.5. The minimum Gasteiger partial charge on any atom is -0.465 e. The Hall–Kier alpha value is -1.16. The van der Waals surface area contributed by atoms with Gasteiger partial charge < -0.3 is 4.74 Å². The largest absolute Gasteiger partial charge is 0.465 e. The quantitative estimate of drug-likeness (QED) is 0.666. The molecule has 0 aromatic carbocycles. The third-order valence-corrected chi connectivity index (χ3v) is 3.45. The number of hydrogen-bond donors (Lipinski definition) is 0. The lowest BCUT2D eigenvalue weighted by Gasteiger charge is -2.10. The Kier molecular flexibility index (Phi) is 2.37. The van der Waals surface area contributed by atoms with Crippen LogP contribution < -0.4 is 0 Å². The van der Waals surface area contributed by atoms with Crippen molar-refractivity contribution in [2.24, 2.45) is 0 Å². The second-order valence-electron chi connectivity index (χ2n) is 3.23. The van der Waals surface area contributed by atoms with Gasteiger partial charge in [0.15, 0.2) is 5.78 Å². The molecule has 1 aromatic rings. The lowest BCUT2D eigenvalue weighted by Crippen LogP contribution is -2.11. The van der Waals surface area contributed by atoms with E-state index in [4.69, 9.17) is 0 Å². The Morgan fingerprint density at radius 1 is 1.50 bits per heavy atom. The van der Waals surface area contributed by atoms with E-state index in [2.05, 4.69) is 4.74 Å². The van der Waals surface area contributed by atoms with Crippen LogP contribution in [0.4, 0.5) is 0 Å². The number of Topliss-reactive ketones (excluding diaryl/α,β-unsaturated/α-hetero) is 1. The van der Waals surface area contributed by atoms with Crippen molar-refractivity contribution < 1.29 is 14.3 Å². The van der Waals surface area contributed by atoms with Gasteiger partial charge >= 0.3 is 5.97 Å². The monoisotopic (exact) mass is 210 g/mol. The first-order valence-corrected chi connectivity index (χ1v) is 5.34. The van der Waals surface area contributed by atoms with Gasteiger partial charge in [-0.05, 0) is 18.4 Å². The molecule has 4 heteroatoms. The Morgan fingerprint density at radius 2 is 2.29 bits per heavy atom. The summed E-state index contributed by atoms with van der Waals surface area (Å²) < 4.78 is 4.65. The van der Waals surface area contributed by atoms with Gasteiger partial charge in [0.2, 0.25) is 0 Å². The van der Waals surface area contributed by atoms with Gasteiger partial charge in [-0.25, -0.2) is 4.79 Å². The van der Waals surface area contributed by atoms with Crippen molar-refractivity contribution in [1.29, 1.82) is 0 Å². The van der Waals surface area contributed by atoms with Crippen LogP contribution in [0, 0.1) is 0 Å². The SMILES string of the molecule is COC(=O)c1csc2c1CCCC2=O. The first kappa shape index (κ1) is 9.40. The molecule has 0 spiro atoms. The summed E-state index contributed by atoms with van der Waals surface area (Å²) >= 11 is 1.35. The van der Waals surface area contributed by atoms with Crippen molar-refractivity contribution in [3.05, 3.63) is 21.4 Å². The standard InChI is InChI=1S/C10H10O3S/c1-13-10(12)7-5-14-9-6(7)3-2-4-8(9)11/h5H,2-4H2,1H3. The lowest BCUT2D eigenvalue weighted by molar-refractivity contribution is 0.0600. The molecular weight excluding hydrogens is 200 g/mol. The number of carbonyl (C=O) groups is 2. The Labute approximate surface area is 85.7 Å². The Bertz CT molecular complexity index is 392. The van der Waals surface area contributed by atoms with E-state index in [9.17, 15) is 9.59 Å². The van der Waals surface area contributed by atoms with E-state index < -0.39 is 0 Å². The third kappa shape index (κ3) is 1.35. The first-order valence-electron chi connectivity index (χ1n) is 4.46. The summed E-state index contributed by atoms with van der Waals surface area (Å²) in [6, 6.07) is 0. The van der Waals surface area contributed by atoms with E-state index in [-0.39, 0.29) is 11.8 Å². The molecule has 2 rings (SSSR count).